The number of hydrogen-bond acceptors (Lipinski definition) is 0. The van der Waals surface area contributed by atoms with Crippen LogP contribution in [0.4, 0.5) is 4.39 Å². The van der Waals surface area contributed by atoms with E-state index < -0.39 is 0 Å². The van der Waals surface area contributed by atoms with Crippen LogP contribution in [-0.4, -0.2) is 0 Å². The highest BCUT2D eigenvalue weighted by molar-refractivity contribution is 5.26. The minimum Gasteiger partial charge on any atom is -0.207 e. The van der Waals surface area contributed by atoms with Gasteiger partial charge in [-0.3, -0.25) is 0 Å². The van der Waals surface area contributed by atoms with Crippen molar-refractivity contribution < 1.29 is 4.39 Å². The molecule has 0 N–H and O–H groups in total. The number of aryl methyl sites for hydroxylation is 1. The predicted molar refractivity (Wildman–Crippen MR) is 86.5 cm³/mol. The van der Waals surface area contributed by atoms with Gasteiger partial charge in [-0.25, -0.2) is 4.39 Å². The van der Waals surface area contributed by atoms with Gasteiger partial charge < -0.3 is 0 Å². The van der Waals surface area contributed by atoms with E-state index >= 15 is 0 Å². The van der Waals surface area contributed by atoms with E-state index in [9.17, 15) is 4.39 Å². The number of benzene rings is 1. The van der Waals surface area contributed by atoms with Gasteiger partial charge in [0.25, 0.3) is 0 Å². The third kappa shape index (κ3) is 6.36. The van der Waals surface area contributed by atoms with Gasteiger partial charge in [0.2, 0.25) is 0 Å². The number of rotatable bonds is 9. The Morgan fingerprint density at radius 3 is 2.60 bits per heavy atom. The van der Waals surface area contributed by atoms with E-state index in [0.717, 1.165) is 30.4 Å². The molecule has 1 heteroatoms. The summed E-state index contributed by atoms with van der Waals surface area (Å²) in [4.78, 5) is 0. The Morgan fingerprint density at radius 2 is 1.95 bits per heavy atom. The zero-order valence-electron chi connectivity index (χ0n) is 13.3. The summed E-state index contributed by atoms with van der Waals surface area (Å²) in [5.74, 6) is 0.590. The summed E-state index contributed by atoms with van der Waals surface area (Å²) in [5.41, 5.74) is 1.94. The lowest BCUT2D eigenvalue weighted by molar-refractivity contribution is 0.597. The molecule has 0 nitrogen and oxygen atoms in total. The summed E-state index contributed by atoms with van der Waals surface area (Å²) in [7, 11) is 0. The first-order valence-electron chi connectivity index (χ1n) is 8.11. The minimum absolute atomic E-state index is 0.0337. The summed E-state index contributed by atoms with van der Waals surface area (Å²) in [6.45, 7) is 6.61. The molecule has 0 spiro atoms. The topological polar surface area (TPSA) is 0 Å². The molecular weight excluding hydrogens is 247 g/mol. The summed E-state index contributed by atoms with van der Waals surface area (Å²) in [6.07, 6.45) is 12.0. The third-order valence-electron chi connectivity index (χ3n) is 3.73. The van der Waals surface area contributed by atoms with Crippen LogP contribution in [0.15, 0.2) is 30.4 Å². The van der Waals surface area contributed by atoms with Gasteiger partial charge in [-0.1, -0.05) is 64.3 Å². The molecule has 1 rings (SSSR count). The Hall–Kier alpha value is -1.11. The van der Waals surface area contributed by atoms with Gasteiger partial charge in [0.15, 0.2) is 0 Å². The van der Waals surface area contributed by atoms with Gasteiger partial charge >= 0.3 is 0 Å². The van der Waals surface area contributed by atoms with E-state index in [1.807, 2.05) is 6.07 Å². The molecule has 0 amide bonds. The third-order valence-corrected chi connectivity index (χ3v) is 3.73. The SMILES string of the molecule is CCCCCc1ccc(C/C=C\C(C)CCC)cc1F. The number of allylic oxidation sites excluding steroid dienone is 2. The fraction of sp³-hybridized carbons (Fsp3) is 0.579. The molecular formula is C19H29F. The molecule has 0 saturated carbocycles. The molecule has 112 valence electrons. The molecule has 0 radical (unpaired) electrons. The summed E-state index contributed by atoms with van der Waals surface area (Å²) < 4.78 is 14.0. The molecule has 0 bridgehead atoms. The molecule has 0 aliphatic rings. The van der Waals surface area contributed by atoms with Crippen molar-refractivity contribution in [1.82, 2.24) is 0 Å². The van der Waals surface area contributed by atoms with Crippen LogP contribution >= 0.6 is 0 Å². The van der Waals surface area contributed by atoms with Crippen molar-refractivity contribution in [3.8, 4) is 0 Å². The Morgan fingerprint density at radius 1 is 1.15 bits per heavy atom. The summed E-state index contributed by atoms with van der Waals surface area (Å²) in [5, 5.41) is 0. The van der Waals surface area contributed by atoms with Crippen molar-refractivity contribution in [1.29, 1.82) is 0 Å². The largest absolute Gasteiger partial charge is 0.207 e. The normalized spacial score (nSPS) is 13.0. The first-order chi connectivity index (χ1) is 9.67. The molecule has 0 heterocycles. The molecule has 0 aromatic heterocycles. The van der Waals surface area contributed by atoms with Crippen molar-refractivity contribution in [3.63, 3.8) is 0 Å². The van der Waals surface area contributed by atoms with Crippen molar-refractivity contribution in [2.45, 2.75) is 65.7 Å². The maximum atomic E-state index is 14.0. The van der Waals surface area contributed by atoms with E-state index in [2.05, 4.69) is 39.0 Å². The second-order valence-electron chi connectivity index (χ2n) is 5.78. The highest BCUT2D eigenvalue weighted by Crippen LogP contribution is 2.15. The summed E-state index contributed by atoms with van der Waals surface area (Å²) in [6, 6.07) is 5.74. The maximum absolute atomic E-state index is 14.0. The average Bonchev–Trinajstić information content (AvgIpc) is 2.42. The Bertz CT molecular complexity index is 406. The Balaban J connectivity index is 2.50. The van der Waals surface area contributed by atoms with Crippen LogP contribution in [0.25, 0.3) is 0 Å². The Labute approximate surface area is 124 Å². The van der Waals surface area contributed by atoms with Gasteiger partial charge in [0.05, 0.1) is 0 Å². The quantitative estimate of drug-likeness (QED) is 0.378. The van der Waals surface area contributed by atoms with Crippen molar-refractivity contribution in [2.24, 2.45) is 5.92 Å². The fourth-order valence-electron chi connectivity index (χ4n) is 2.47. The standard InChI is InChI=1S/C19H29F/c1-4-6-7-12-18-14-13-17(15-19(18)20)11-8-10-16(3)9-5-2/h8,10,13-16H,4-7,9,11-12H2,1-3H3/b10-8-. The molecule has 1 unspecified atom stereocenters. The lowest BCUT2D eigenvalue weighted by atomic mass is 10.0. The van der Waals surface area contributed by atoms with Crippen LogP contribution in [0, 0.1) is 11.7 Å². The lowest BCUT2D eigenvalue weighted by Crippen LogP contribution is -1.94. The predicted octanol–water partition coefficient (Wildman–Crippen LogP) is 6.09. The van der Waals surface area contributed by atoms with Gasteiger partial charge in [-0.2, -0.15) is 0 Å². The van der Waals surface area contributed by atoms with Crippen LogP contribution in [-0.2, 0) is 12.8 Å². The van der Waals surface area contributed by atoms with E-state index in [1.165, 1.54) is 25.7 Å². The highest BCUT2D eigenvalue weighted by atomic mass is 19.1. The molecule has 1 aromatic carbocycles. The average molecular weight is 276 g/mol. The van der Waals surface area contributed by atoms with Crippen LogP contribution in [0.2, 0.25) is 0 Å². The van der Waals surface area contributed by atoms with Crippen LogP contribution in [0.5, 0.6) is 0 Å². The smallest absolute Gasteiger partial charge is 0.126 e. The molecule has 0 saturated heterocycles. The van der Waals surface area contributed by atoms with Crippen molar-refractivity contribution in [2.75, 3.05) is 0 Å². The Kier molecular flexibility index (Phi) is 8.25. The monoisotopic (exact) mass is 276 g/mol. The van der Waals surface area contributed by atoms with Crippen molar-refractivity contribution >= 4 is 0 Å². The molecule has 1 atom stereocenters. The zero-order valence-corrected chi connectivity index (χ0v) is 13.3. The van der Waals surface area contributed by atoms with Gasteiger partial charge in [0, 0.05) is 0 Å². The molecule has 20 heavy (non-hydrogen) atoms. The first-order valence-corrected chi connectivity index (χ1v) is 8.11. The van der Waals surface area contributed by atoms with Gasteiger partial charge in [-0.05, 0) is 48.8 Å². The maximum Gasteiger partial charge on any atom is 0.126 e. The fourth-order valence-corrected chi connectivity index (χ4v) is 2.47. The van der Waals surface area contributed by atoms with Gasteiger partial charge in [0.1, 0.15) is 5.82 Å². The van der Waals surface area contributed by atoms with E-state index in [-0.39, 0.29) is 5.82 Å². The van der Waals surface area contributed by atoms with E-state index in [0.29, 0.717) is 5.92 Å². The number of halogens is 1. The van der Waals surface area contributed by atoms with E-state index in [1.54, 1.807) is 6.07 Å². The second kappa shape index (κ2) is 9.74. The van der Waals surface area contributed by atoms with Crippen LogP contribution in [0.3, 0.4) is 0 Å². The lowest BCUT2D eigenvalue weighted by Gasteiger charge is -2.06. The zero-order chi connectivity index (χ0) is 14.8. The first kappa shape index (κ1) is 16.9. The van der Waals surface area contributed by atoms with Crippen LogP contribution < -0.4 is 0 Å². The van der Waals surface area contributed by atoms with Gasteiger partial charge in [-0.15, -0.1) is 0 Å². The number of hydrogen-bond donors (Lipinski definition) is 0. The minimum atomic E-state index is -0.0337. The molecule has 1 aromatic rings. The highest BCUT2D eigenvalue weighted by Gasteiger charge is 2.03. The van der Waals surface area contributed by atoms with Crippen molar-refractivity contribution in [3.05, 3.63) is 47.3 Å². The second-order valence-corrected chi connectivity index (χ2v) is 5.78. The van der Waals surface area contributed by atoms with Crippen LogP contribution in [0.1, 0.15) is 64.0 Å². The molecule has 0 aliphatic heterocycles. The molecule has 0 aliphatic carbocycles. The number of unbranched alkanes of at least 4 members (excludes halogenated alkanes) is 2. The van der Waals surface area contributed by atoms with E-state index in [4.69, 9.17) is 0 Å². The summed E-state index contributed by atoms with van der Waals surface area (Å²) >= 11 is 0. The molecule has 0 fully saturated rings.